The van der Waals surface area contributed by atoms with Gasteiger partial charge in [0.1, 0.15) is 17.2 Å². The summed E-state index contributed by atoms with van der Waals surface area (Å²) in [5.74, 6) is 0.442. The Morgan fingerprint density at radius 3 is 2.41 bits per heavy atom. The fourth-order valence-electron chi connectivity index (χ4n) is 2.72. The summed E-state index contributed by atoms with van der Waals surface area (Å²) in [6.45, 7) is 0.0664. The smallest absolute Gasteiger partial charge is 0.337 e. The number of nitrogens with zero attached hydrogens (tertiary/aromatic N) is 1. The van der Waals surface area contributed by atoms with Gasteiger partial charge in [-0.3, -0.25) is 4.79 Å². The van der Waals surface area contributed by atoms with Crippen LogP contribution in [0, 0.1) is 0 Å². The Morgan fingerprint density at radius 2 is 1.78 bits per heavy atom. The number of hydrogen-bond donors (Lipinski definition) is 2. The average molecular weight is 368 g/mol. The van der Waals surface area contributed by atoms with E-state index in [0.29, 0.717) is 11.4 Å². The van der Waals surface area contributed by atoms with Gasteiger partial charge in [0.25, 0.3) is 5.91 Å². The molecular formula is C20H20N2O5. The van der Waals surface area contributed by atoms with Crippen LogP contribution in [0.2, 0.25) is 0 Å². The number of aliphatic hydroxyl groups is 1. The molecule has 1 heterocycles. The van der Waals surface area contributed by atoms with Crippen molar-refractivity contribution in [2.45, 2.75) is 0 Å². The number of rotatable bonds is 7. The minimum atomic E-state index is -0.574. The molecule has 1 amide bonds. The summed E-state index contributed by atoms with van der Waals surface area (Å²) in [6, 6.07) is 16.4. The maximum absolute atomic E-state index is 12.5. The number of ether oxygens (including phenoxy) is 2. The Kier molecular flexibility index (Phi) is 5.73. The summed E-state index contributed by atoms with van der Waals surface area (Å²) in [7, 11) is 1.27. The Hall–Kier alpha value is -3.32. The molecule has 0 saturated carbocycles. The molecule has 0 spiro atoms. The van der Waals surface area contributed by atoms with E-state index >= 15 is 0 Å². The highest BCUT2D eigenvalue weighted by molar-refractivity contribution is 6.08. The fourth-order valence-corrected chi connectivity index (χ4v) is 2.72. The van der Waals surface area contributed by atoms with Gasteiger partial charge < -0.3 is 24.8 Å². The van der Waals surface area contributed by atoms with Gasteiger partial charge in [-0.1, -0.05) is 18.2 Å². The number of carbonyl (C=O) groups is 2. The van der Waals surface area contributed by atoms with E-state index in [1.54, 1.807) is 24.3 Å². The number of aliphatic hydroxyl groups excluding tert-OH is 1. The number of benzene rings is 2. The van der Waals surface area contributed by atoms with Crippen LogP contribution in [-0.2, 0) is 14.3 Å². The molecule has 0 radical (unpaired) electrons. The molecule has 2 aromatic carbocycles. The highest BCUT2D eigenvalue weighted by Crippen LogP contribution is 2.26. The number of β-amino-alcohol motifs (C(OH)–C–C–N with tert-alkyl or cyclic N) is 1. The molecule has 0 fully saturated rings. The Bertz CT molecular complexity index is 846. The van der Waals surface area contributed by atoms with Crippen LogP contribution in [0.5, 0.6) is 11.5 Å². The number of methoxy groups -OCH3 is 1. The first-order chi connectivity index (χ1) is 13.1. The number of esters is 1. The first kappa shape index (κ1) is 18.5. The van der Waals surface area contributed by atoms with E-state index in [0.717, 1.165) is 5.75 Å². The molecule has 7 heteroatoms. The molecule has 0 bridgehead atoms. The molecule has 0 saturated heterocycles. The molecule has 140 valence electrons. The Balaban J connectivity index is 1.76. The number of carbonyl (C=O) groups excluding carboxylic acids is 2. The van der Waals surface area contributed by atoms with Gasteiger partial charge in [-0.15, -0.1) is 0 Å². The van der Waals surface area contributed by atoms with E-state index in [9.17, 15) is 9.59 Å². The SMILES string of the molecule is COC(=O)C1=C(Nc2ccc(Oc3ccccc3)cc2)C(=O)N(CCO)C1. The maximum Gasteiger partial charge on any atom is 0.337 e. The average Bonchev–Trinajstić information content (AvgIpc) is 3.00. The first-order valence-corrected chi connectivity index (χ1v) is 8.44. The molecule has 2 N–H and O–H groups in total. The third kappa shape index (κ3) is 4.27. The lowest BCUT2D eigenvalue weighted by molar-refractivity contribution is -0.136. The number of para-hydroxylation sites is 1. The van der Waals surface area contributed by atoms with E-state index in [-0.39, 0.29) is 36.9 Å². The summed E-state index contributed by atoms with van der Waals surface area (Å²) in [4.78, 5) is 25.9. The van der Waals surface area contributed by atoms with E-state index in [4.69, 9.17) is 14.6 Å². The molecule has 1 aliphatic rings. The van der Waals surface area contributed by atoms with E-state index in [2.05, 4.69) is 5.32 Å². The van der Waals surface area contributed by atoms with Crippen molar-refractivity contribution >= 4 is 17.6 Å². The van der Waals surface area contributed by atoms with Gasteiger partial charge in [0.2, 0.25) is 0 Å². The van der Waals surface area contributed by atoms with Crippen molar-refractivity contribution < 1.29 is 24.2 Å². The summed E-state index contributed by atoms with van der Waals surface area (Å²) in [5.41, 5.74) is 1.03. The molecule has 1 aliphatic heterocycles. The van der Waals surface area contributed by atoms with Crippen molar-refractivity contribution in [3.8, 4) is 11.5 Å². The van der Waals surface area contributed by atoms with Crippen LogP contribution in [-0.4, -0.2) is 48.7 Å². The van der Waals surface area contributed by atoms with Crippen LogP contribution in [0.25, 0.3) is 0 Å². The van der Waals surface area contributed by atoms with Crippen molar-refractivity contribution in [1.29, 1.82) is 0 Å². The molecule has 3 rings (SSSR count). The molecule has 0 aliphatic carbocycles. The van der Waals surface area contributed by atoms with Crippen LogP contribution in [0.1, 0.15) is 0 Å². The van der Waals surface area contributed by atoms with Gasteiger partial charge >= 0.3 is 5.97 Å². The van der Waals surface area contributed by atoms with Crippen molar-refractivity contribution in [1.82, 2.24) is 4.90 Å². The molecule has 0 unspecified atom stereocenters. The summed E-state index contributed by atoms with van der Waals surface area (Å²) in [5, 5.41) is 12.1. The molecular weight excluding hydrogens is 348 g/mol. The first-order valence-electron chi connectivity index (χ1n) is 8.44. The third-order valence-electron chi connectivity index (χ3n) is 4.06. The Labute approximate surface area is 156 Å². The van der Waals surface area contributed by atoms with E-state index in [1.165, 1.54) is 12.0 Å². The fraction of sp³-hybridized carbons (Fsp3) is 0.200. The molecule has 2 aromatic rings. The predicted molar refractivity (Wildman–Crippen MR) is 99.3 cm³/mol. The molecule has 0 aromatic heterocycles. The van der Waals surface area contributed by atoms with Gasteiger partial charge in [-0.2, -0.15) is 0 Å². The van der Waals surface area contributed by atoms with E-state index in [1.807, 2.05) is 30.3 Å². The second-order valence-corrected chi connectivity index (χ2v) is 5.86. The monoisotopic (exact) mass is 368 g/mol. The van der Waals surface area contributed by atoms with Crippen molar-refractivity contribution in [2.75, 3.05) is 32.1 Å². The zero-order chi connectivity index (χ0) is 19.2. The quantitative estimate of drug-likeness (QED) is 0.728. The number of anilines is 1. The zero-order valence-electron chi connectivity index (χ0n) is 14.8. The normalized spacial score (nSPS) is 13.7. The largest absolute Gasteiger partial charge is 0.466 e. The number of amides is 1. The highest BCUT2D eigenvalue weighted by Gasteiger charge is 2.34. The van der Waals surface area contributed by atoms with Crippen LogP contribution < -0.4 is 10.1 Å². The standard InChI is InChI=1S/C20H20N2O5/c1-26-20(25)17-13-22(11-12-23)19(24)18(17)21-14-7-9-16(10-8-14)27-15-5-3-2-4-6-15/h2-10,21,23H,11-13H2,1H3. The predicted octanol–water partition coefficient (Wildman–Crippen LogP) is 2.15. The second kappa shape index (κ2) is 8.37. The van der Waals surface area contributed by atoms with Crippen LogP contribution in [0.3, 0.4) is 0 Å². The van der Waals surface area contributed by atoms with Gasteiger partial charge in [-0.05, 0) is 36.4 Å². The van der Waals surface area contributed by atoms with Crippen molar-refractivity contribution in [3.63, 3.8) is 0 Å². The zero-order valence-corrected chi connectivity index (χ0v) is 14.8. The van der Waals surface area contributed by atoms with Gasteiger partial charge in [0.15, 0.2) is 0 Å². The minimum Gasteiger partial charge on any atom is -0.466 e. The lowest BCUT2D eigenvalue weighted by Crippen LogP contribution is -2.31. The van der Waals surface area contributed by atoms with Crippen LogP contribution >= 0.6 is 0 Å². The molecule has 0 atom stereocenters. The number of nitrogens with one attached hydrogen (secondary N) is 1. The Morgan fingerprint density at radius 1 is 1.11 bits per heavy atom. The molecule has 27 heavy (non-hydrogen) atoms. The summed E-state index contributed by atoms with van der Waals surface area (Å²) in [6.07, 6.45) is 0. The van der Waals surface area contributed by atoms with Gasteiger partial charge in [0.05, 0.1) is 25.8 Å². The van der Waals surface area contributed by atoms with Crippen LogP contribution in [0.4, 0.5) is 5.69 Å². The second-order valence-electron chi connectivity index (χ2n) is 5.86. The highest BCUT2D eigenvalue weighted by atomic mass is 16.5. The lowest BCUT2D eigenvalue weighted by atomic mass is 10.2. The topological polar surface area (TPSA) is 88.1 Å². The molecule has 7 nitrogen and oxygen atoms in total. The van der Waals surface area contributed by atoms with Gasteiger partial charge in [-0.25, -0.2) is 4.79 Å². The summed E-state index contributed by atoms with van der Waals surface area (Å²) < 4.78 is 10.5. The summed E-state index contributed by atoms with van der Waals surface area (Å²) >= 11 is 0. The van der Waals surface area contributed by atoms with Gasteiger partial charge in [0, 0.05) is 12.2 Å². The van der Waals surface area contributed by atoms with Crippen molar-refractivity contribution in [2.24, 2.45) is 0 Å². The third-order valence-corrected chi connectivity index (χ3v) is 4.06. The minimum absolute atomic E-state index is 0.101. The van der Waals surface area contributed by atoms with Crippen molar-refractivity contribution in [3.05, 3.63) is 65.9 Å². The maximum atomic E-state index is 12.5. The van der Waals surface area contributed by atoms with E-state index < -0.39 is 5.97 Å². The number of hydrogen-bond acceptors (Lipinski definition) is 6. The van der Waals surface area contributed by atoms with Crippen LogP contribution in [0.15, 0.2) is 65.9 Å². The lowest BCUT2D eigenvalue weighted by Gasteiger charge is -2.15.